The number of nitrogens with one attached hydrogen (secondary N) is 2. The third-order valence-corrected chi connectivity index (χ3v) is 4.56. The van der Waals surface area contributed by atoms with Crippen LogP contribution in [-0.4, -0.2) is 25.3 Å². The van der Waals surface area contributed by atoms with Gasteiger partial charge in [-0.05, 0) is 48.0 Å². The molecule has 0 spiro atoms. The Morgan fingerprint density at radius 2 is 1.97 bits per heavy atom. The maximum Gasteiger partial charge on any atom is 0.345 e. The van der Waals surface area contributed by atoms with Gasteiger partial charge in [0.05, 0.1) is 19.1 Å². The molecule has 0 saturated carbocycles. The predicted molar refractivity (Wildman–Crippen MR) is 113 cm³/mol. The van der Waals surface area contributed by atoms with Gasteiger partial charge < -0.3 is 24.0 Å². The largest absolute Gasteiger partial charge is 0.496 e. The summed E-state index contributed by atoms with van der Waals surface area (Å²) < 4.78 is 29.8. The lowest BCUT2D eigenvalue weighted by molar-refractivity contribution is -0.180. The van der Waals surface area contributed by atoms with Crippen molar-refractivity contribution in [1.82, 2.24) is 10.5 Å². The topological polar surface area (TPSA) is 94.9 Å². The number of anilines is 1. The highest BCUT2D eigenvalue weighted by Crippen LogP contribution is 2.37. The fourth-order valence-corrected chi connectivity index (χ4v) is 3.16. The van der Waals surface area contributed by atoms with E-state index < -0.39 is 5.97 Å². The Morgan fingerprint density at radius 3 is 2.60 bits per heavy atom. The normalized spacial score (nSPS) is 9.87. The average molecular weight is 435 g/mol. The number of hydrogen-bond acceptors (Lipinski definition) is 9. The van der Waals surface area contributed by atoms with Crippen LogP contribution in [0, 0.1) is 0 Å². The molecule has 1 heterocycles. The van der Waals surface area contributed by atoms with Gasteiger partial charge in [-0.15, -0.1) is 0 Å². The molecule has 8 nitrogen and oxygen atoms in total. The number of fused-ring (bicyclic) bond motifs is 1. The first-order valence-electron chi connectivity index (χ1n) is 8.69. The Morgan fingerprint density at radius 1 is 1.27 bits per heavy atom. The molecule has 0 aliphatic carbocycles. The molecule has 0 saturated heterocycles. The van der Waals surface area contributed by atoms with Crippen LogP contribution in [0.2, 0.25) is 0 Å². The Bertz CT molecular complexity index is 996. The molecule has 0 fully saturated rings. The van der Waals surface area contributed by atoms with E-state index in [2.05, 4.69) is 26.7 Å². The Labute approximate surface area is 177 Å². The Balaban J connectivity index is 0.000000575. The zero-order valence-electron chi connectivity index (χ0n) is 16.7. The summed E-state index contributed by atoms with van der Waals surface area (Å²) >= 11 is 1.40. The Kier molecular flexibility index (Phi) is 8.82. The summed E-state index contributed by atoms with van der Waals surface area (Å²) in [6, 6.07) is 11.6. The second-order valence-corrected chi connectivity index (χ2v) is 6.56. The van der Waals surface area contributed by atoms with Gasteiger partial charge in [0.25, 0.3) is 0 Å². The van der Waals surface area contributed by atoms with E-state index in [1.807, 2.05) is 36.4 Å². The minimum absolute atomic E-state index is 0.603. The van der Waals surface area contributed by atoms with Crippen LogP contribution in [-0.2, 0) is 16.3 Å². The quantitative estimate of drug-likeness (QED) is 0.491. The number of aromatic nitrogens is 1. The molecular weight excluding hydrogens is 413 g/mol. The number of para-hydroxylation sites is 1. The SMILES string of the molecule is C=CNCc1cc(OC)c2c(NSc3ccccc3OC)noc2c1.CC(=O)OF. The van der Waals surface area contributed by atoms with E-state index in [0.717, 1.165) is 28.5 Å². The standard InChI is InChI=1S/C18H19N3O3S.C2H3FO2/c1-4-19-11-12-9-14(23-3)17-15(10-12)24-20-18(17)21-25-16-8-6-5-7-13(16)22-2;1-2(4)5-3/h4-10,19H,1,11H2,2-3H3,(H,20,21);1H3. The summed E-state index contributed by atoms with van der Waals surface area (Å²) in [5.74, 6) is 1.18. The summed E-state index contributed by atoms with van der Waals surface area (Å²) in [6.45, 7) is 5.27. The Hall–Kier alpha value is -3.40. The fraction of sp³-hybridized carbons (Fsp3) is 0.200. The van der Waals surface area contributed by atoms with Crippen molar-refractivity contribution >= 4 is 34.7 Å². The van der Waals surface area contributed by atoms with Crippen LogP contribution in [0.1, 0.15) is 12.5 Å². The molecule has 3 rings (SSSR count). The summed E-state index contributed by atoms with van der Waals surface area (Å²) in [6.07, 6.45) is 1.65. The fourth-order valence-electron chi connectivity index (χ4n) is 2.42. The maximum atomic E-state index is 10.3. The van der Waals surface area contributed by atoms with Crippen molar-refractivity contribution in [1.29, 1.82) is 0 Å². The number of carbonyl (C=O) groups is 1. The number of benzene rings is 2. The summed E-state index contributed by atoms with van der Waals surface area (Å²) in [4.78, 5) is 12.8. The van der Waals surface area contributed by atoms with Crippen molar-refractivity contribution in [3.05, 3.63) is 54.7 Å². The highest BCUT2D eigenvalue weighted by molar-refractivity contribution is 8.00. The molecule has 2 aromatic carbocycles. The van der Waals surface area contributed by atoms with Gasteiger partial charge in [0, 0.05) is 18.0 Å². The van der Waals surface area contributed by atoms with Crippen LogP contribution >= 0.6 is 11.9 Å². The zero-order chi connectivity index (χ0) is 21.9. The monoisotopic (exact) mass is 435 g/mol. The van der Waals surface area contributed by atoms with Crippen LogP contribution in [0.15, 0.2) is 58.6 Å². The number of ether oxygens (including phenoxy) is 2. The molecule has 0 aliphatic rings. The first-order valence-corrected chi connectivity index (χ1v) is 9.51. The smallest absolute Gasteiger partial charge is 0.345 e. The first-order chi connectivity index (χ1) is 14.5. The highest BCUT2D eigenvalue weighted by atomic mass is 32.2. The van der Waals surface area contributed by atoms with Crippen molar-refractivity contribution in [3.8, 4) is 11.5 Å². The molecule has 30 heavy (non-hydrogen) atoms. The molecule has 0 unspecified atom stereocenters. The van der Waals surface area contributed by atoms with E-state index >= 15 is 0 Å². The minimum Gasteiger partial charge on any atom is -0.496 e. The summed E-state index contributed by atoms with van der Waals surface area (Å²) in [5, 5.41) is 7.99. The third kappa shape index (κ3) is 6.05. The second kappa shape index (κ2) is 11.6. The molecule has 160 valence electrons. The van der Waals surface area contributed by atoms with Gasteiger partial charge in [-0.2, -0.15) is 0 Å². The molecule has 0 radical (unpaired) electrons. The van der Waals surface area contributed by atoms with Crippen LogP contribution in [0.25, 0.3) is 11.0 Å². The summed E-state index contributed by atoms with van der Waals surface area (Å²) in [7, 11) is 3.27. The average Bonchev–Trinajstić information content (AvgIpc) is 3.19. The highest BCUT2D eigenvalue weighted by Gasteiger charge is 2.16. The van der Waals surface area contributed by atoms with E-state index in [1.165, 1.54) is 11.9 Å². The van der Waals surface area contributed by atoms with Crippen LogP contribution < -0.4 is 19.5 Å². The van der Waals surface area contributed by atoms with E-state index in [4.69, 9.17) is 14.0 Å². The lowest BCUT2D eigenvalue weighted by Gasteiger charge is -2.09. The molecule has 10 heteroatoms. The van der Waals surface area contributed by atoms with E-state index in [1.54, 1.807) is 20.4 Å². The lowest BCUT2D eigenvalue weighted by atomic mass is 10.1. The van der Waals surface area contributed by atoms with Gasteiger partial charge in [0.2, 0.25) is 0 Å². The second-order valence-electron chi connectivity index (χ2n) is 5.71. The van der Waals surface area contributed by atoms with E-state index in [-0.39, 0.29) is 0 Å². The molecule has 0 amide bonds. The van der Waals surface area contributed by atoms with Gasteiger partial charge >= 0.3 is 5.97 Å². The van der Waals surface area contributed by atoms with Crippen LogP contribution in [0.3, 0.4) is 0 Å². The number of hydrogen-bond donors (Lipinski definition) is 2. The summed E-state index contributed by atoms with van der Waals surface area (Å²) in [5.41, 5.74) is 1.67. The van der Waals surface area contributed by atoms with Gasteiger partial charge in [-0.3, -0.25) is 4.94 Å². The van der Waals surface area contributed by atoms with Gasteiger partial charge in [0.1, 0.15) is 16.9 Å². The van der Waals surface area contributed by atoms with Crippen LogP contribution in [0.4, 0.5) is 10.3 Å². The van der Waals surface area contributed by atoms with Crippen LogP contribution in [0.5, 0.6) is 11.5 Å². The molecule has 2 N–H and O–H groups in total. The molecular formula is C20H22FN3O5S. The number of carbonyl (C=O) groups excluding carboxylic acids is 1. The van der Waals surface area contributed by atoms with Crippen molar-refractivity contribution in [2.24, 2.45) is 0 Å². The molecule has 0 atom stereocenters. The zero-order valence-corrected chi connectivity index (χ0v) is 17.5. The number of halogens is 1. The van der Waals surface area contributed by atoms with Gasteiger partial charge in [0.15, 0.2) is 11.4 Å². The first kappa shape index (κ1) is 22.9. The van der Waals surface area contributed by atoms with Gasteiger partial charge in [-0.25, -0.2) is 4.79 Å². The molecule has 3 aromatic rings. The third-order valence-electron chi connectivity index (χ3n) is 3.70. The van der Waals surface area contributed by atoms with Crippen molar-refractivity contribution < 1.29 is 28.3 Å². The number of nitrogens with zero attached hydrogens (tertiary/aromatic N) is 1. The number of rotatable bonds is 8. The predicted octanol–water partition coefficient (Wildman–Crippen LogP) is 4.63. The minimum atomic E-state index is -0.912. The molecule has 0 bridgehead atoms. The maximum absolute atomic E-state index is 10.3. The van der Waals surface area contributed by atoms with Crippen molar-refractivity contribution in [2.45, 2.75) is 18.4 Å². The van der Waals surface area contributed by atoms with Crippen molar-refractivity contribution in [3.63, 3.8) is 0 Å². The van der Waals surface area contributed by atoms with E-state index in [0.29, 0.717) is 23.7 Å². The van der Waals surface area contributed by atoms with Gasteiger partial charge in [-0.1, -0.05) is 23.9 Å². The number of methoxy groups -OCH3 is 2. The van der Waals surface area contributed by atoms with Crippen molar-refractivity contribution in [2.75, 3.05) is 18.9 Å². The molecule has 0 aliphatic heterocycles. The lowest BCUT2D eigenvalue weighted by Crippen LogP contribution is -2.03. The molecule has 1 aromatic heterocycles. The van der Waals surface area contributed by atoms with E-state index in [9.17, 15) is 9.32 Å².